The van der Waals surface area contributed by atoms with Gasteiger partial charge in [0, 0.05) is 29.6 Å². The number of hydrogen-bond acceptors (Lipinski definition) is 5. The molecule has 3 rings (SSSR count). The molecule has 2 aliphatic rings. The number of thioether (sulfide) groups is 1. The minimum absolute atomic E-state index is 0.0966. The van der Waals surface area contributed by atoms with Crippen molar-refractivity contribution >= 4 is 35.2 Å². The summed E-state index contributed by atoms with van der Waals surface area (Å²) >= 11 is 1.60. The van der Waals surface area contributed by atoms with Gasteiger partial charge in [-0.25, -0.2) is 0 Å². The largest absolute Gasteiger partial charge is 0.455 e. The molecule has 0 aromatic heterocycles. The van der Waals surface area contributed by atoms with Crippen LogP contribution in [0.3, 0.4) is 0 Å². The first-order chi connectivity index (χ1) is 13.5. The van der Waals surface area contributed by atoms with Gasteiger partial charge in [0.2, 0.25) is 5.91 Å². The lowest BCUT2D eigenvalue weighted by molar-refractivity contribution is -0.152. The molecule has 1 heterocycles. The van der Waals surface area contributed by atoms with Crippen LogP contribution in [-0.2, 0) is 19.1 Å². The number of nitrogens with one attached hydrogen (secondary N) is 1. The Morgan fingerprint density at radius 2 is 2.07 bits per heavy atom. The van der Waals surface area contributed by atoms with Gasteiger partial charge < -0.3 is 15.0 Å². The quantitative estimate of drug-likeness (QED) is 0.583. The molecule has 1 aliphatic heterocycles. The van der Waals surface area contributed by atoms with Crippen molar-refractivity contribution in [2.45, 2.75) is 50.0 Å². The zero-order valence-electron chi connectivity index (χ0n) is 16.5. The van der Waals surface area contributed by atoms with Gasteiger partial charge >= 0.3 is 5.97 Å². The minimum Gasteiger partial charge on any atom is -0.455 e. The van der Waals surface area contributed by atoms with Crippen LogP contribution < -0.4 is 10.2 Å². The van der Waals surface area contributed by atoms with Crippen LogP contribution in [0.15, 0.2) is 29.2 Å². The van der Waals surface area contributed by atoms with Crippen LogP contribution in [0.4, 0.5) is 5.69 Å². The summed E-state index contributed by atoms with van der Waals surface area (Å²) in [7, 11) is 0. The molecule has 0 spiro atoms. The molecule has 1 aromatic carbocycles. The topological polar surface area (TPSA) is 75.7 Å². The van der Waals surface area contributed by atoms with Crippen molar-refractivity contribution in [2.75, 3.05) is 24.3 Å². The van der Waals surface area contributed by atoms with Gasteiger partial charge in [-0.05, 0) is 43.2 Å². The summed E-state index contributed by atoms with van der Waals surface area (Å²) < 4.78 is 5.21. The van der Waals surface area contributed by atoms with E-state index in [2.05, 4.69) is 12.2 Å². The van der Waals surface area contributed by atoms with Gasteiger partial charge in [0.15, 0.2) is 6.61 Å². The van der Waals surface area contributed by atoms with Gasteiger partial charge in [0.25, 0.3) is 5.91 Å². The van der Waals surface area contributed by atoms with Gasteiger partial charge in [-0.3, -0.25) is 14.4 Å². The fourth-order valence-corrected chi connectivity index (χ4v) is 4.38. The number of carbonyl (C=O) groups excluding carboxylic acids is 3. The van der Waals surface area contributed by atoms with Gasteiger partial charge in [-0.1, -0.05) is 25.8 Å². The van der Waals surface area contributed by atoms with Crippen LogP contribution in [0, 0.1) is 11.8 Å². The summed E-state index contributed by atoms with van der Waals surface area (Å²) in [6.07, 6.45) is 6.50. The third kappa shape index (κ3) is 5.07. The van der Waals surface area contributed by atoms with Crippen molar-refractivity contribution in [2.24, 2.45) is 11.8 Å². The fraction of sp³-hybridized carbons (Fsp3) is 0.571. The van der Waals surface area contributed by atoms with Crippen molar-refractivity contribution in [1.82, 2.24) is 5.32 Å². The van der Waals surface area contributed by atoms with Crippen molar-refractivity contribution in [1.29, 1.82) is 0 Å². The lowest BCUT2D eigenvalue weighted by Gasteiger charge is -2.29. The maximum absolute atomic E-state index is 12.4. The molecular weight excluding hydrogens is 376 g/mol. The number of hydrogen-bond donors (Lipinski definition) is 1. The molecule has 0 radical (unpaired) electrons. The van der Waals surface area contributed by atoms with Crippen LogP contribution in [0.25, 0.3) is 0 Å². The highest BCUT2D eigenvalue weighted by molar-refractivity contribution is 7.98. The number of benzene rings is 1. The van der Waals surface area contributed by atoms with Gasteiger partial charge in [-0.15, -0.1) is 11.8 Å². The third-order valence-corrected chi connectivity index (χ3v) is 6.35. The maximum atomic E-state index is 12.4. The third-order valence-electron chi connectivity index (χ3n) is 5.63. The zero-order chi connectivity index (χ0) is 20.1. The van der Waals surface area contributed by atoms with E-state index in [-0.39, 0.29) is 37.4 Å². The molecule has 7 heteroatoms. The highest BCUT2D eigenvalue weighted by atomic mass is 32.2. The SMILES string of the molecule is CSc1cccc(N2C[C@H](C(=O)OCC(=O)N[C@@H]3CCCC[C@@H]3C)CC2=O)c1. The fourth-order valence-electron chi connectivity index (χ4n) is 3.93. The van der Waals surface area contributed by atoms with Crippen molar-refractivity contribution in [3.63, 3.8) is 0 Å². The Morgan fingerprint density at radius 3 is 2.82 bits per heavy atom. The van der Waals surface area contributed by atoms with Crippen LogP contribution in [0.5, 0.6) is 0 Å². The van der Waals surface area contributed by atoms with E-state index in [1.807, 2.05) is 30.5 Å². The molecule has 6 nitrogen and oxygen atoms in total. The van der Waals surface area contributed by atoms with E-state index in [0.717, 1.165) is 29.8 Å². The van der Waals surface area contributed by atoms with Gasteiger partial charge in [0.1, 0.15) is 0 Å². The smallest absolute Gasteiger partial charge is 0.311 e. The number of rotatable bonds is 6. The summed E-state index contributed by atoms with van der Waals surface area (Å²) in [4.78, 5) is 39.5. The normalized spacial score (nSPS) is 24.9. The molecule has 2 fully saturated rings. The van der Waals surface area contributed by atoms with Crippen LogP contribution in [-0.4, -0.2) is 43.2 Å². The monoisotopic (exact) mass is 404 g/mol. The summed E-state index contributed by atoms with van der Waals surface area (Å²) in [5, 5.41) is 2.97. The maximum Gasteiger partial charge on any atom is 0.311 e. The second-order valence-electron chi connectivity index (χ2n) is 7.65. The Balaban J connectivity index is 1.49. The zero-order valence-corrected chi connectivity index (χ0v) is 17.3. The summed E-state index contributed by atoms with van der Waals surface area (Å²) in [5.41, 5.74) is 0.788. The average Bonchev–Trinajstić information content (AvgIpc) is 3.10. The molecule has 0 bridgehead atoms. The molecular formula is C21H28N2O4S. The van der Waals surface area contributed by atoms with Crippen molar-refractivity contribution in [3.05, 3.63) is 24.3 Å². The standard InChI is InChI=1S/C21H28N2O4S/c1-14-6-3-4-9-18(14)22-19(24)13-27-21(26)15-10-20(25)23(12-15)16-7-5-8-17(11-16)28-2/h5,7-8,11,14-15,18H,3-4,6,9-10,12-13H2,1-2H3,(H,22,24)/t14-,15+,18+/m0/s1. The molecule has 152 valence electrons. The van der Waals surface area contributed by atoms with E-state index < -0.39 is 11.9 Å². The second kappa shape index (κ2) is 9.45. The van der Waals surface area contributed by atoms with E-state index in [1.54, 1.807) is 16.7 Å². The van der Waals surface area contributed by atoms with Crippen LogP contribution in [0.2, 0.25) is 0 Å². The Bertz CT molecular complexity index is 739. The van der Waals surface area contributed by atoms with Crippen LogP contribution >= 0.6 is 11.8 Å². The molecule has 1 aromatic rings. The Labute approximate surface area is 170 Å². The van der Waals surface area contributed by atoms with E-state index in [4.69, 9.17) is 4.74 Å². The van der Waals surface area contributed by atoms with E-state index in [0.29, 0.717) is 5.92 Å². The Hall–Kier alpha value is -2.02. The summed E-state index contributed by atoms with van der Waals surface area (Å²) in [5.74, 6) is -0.927. The number of carbonyl (C=O) groups is 3. The first-order valence-electron chi connectivity index (χ1n) is 9.88. The van der Waals surface area contributed by atoms with Crippen molar-refractivity contribution in [3.8, 4) is 0 Å². The highest BCUT2D eigenvalue weighted by Crippen LogP contribution is 2.29. The van der Waals surface area contributed by atoms with E-state index in [1.165, 1.54) is 6.42 Å². The Morgan fingerprint density at radius 1 is 1.29 bits per heavy atom. The van der Waals surface area contributed by atoms with Crippen LogP contribution in [0.1, 0.15) is 39.0 Å². The predicted molar refractivity (Wildman–Crippen MR) is 109 cm³/mol. The van der Waals surface area contributed by atoms with Gasteiger partial charge in [0.05, 0.1) is 5.92 Å². The first kappa shape index (κ1) is 20.7. The lowest BCUT2D eigenvalue weighted by Crippen LogP contribution is -2.43. The molecule has 1 saturated carbocycles. The number of ether oxygens (including phenoxy) is 1. The van der Waals surface area contributed by atoms with E-state index >= 15 is 0 Å². The van der Waals surface area contributed by atoms with Gasteiger partial charge in [-0.2, -0.15) is 0 Å². The molecule has 1 N–H and O–H groups in total. The molecule has 1 aliphatic carbocycles. The lowest BCUT2D eigenvalue weighted by atomic mass is 9.86. The first-order valence-corrected chi connectivity index (χ1v) is 11.1. The molecule has 1 saturated heterocycles. The Kier molecular flexibility index (Phi) is 6.99. The average molecular weight is 405 g/mol. The molecule has 0 unspecified atom stereocenters. The molecule has 3 atom stereocenters. The molecule has 2 amide bonds. The highest BCUT2D eigenvalue weighted by Gasteiger charge is 2.36. The van der Waals surface area contributed by atoms with Crippen molar-refractivity contribution < 1.29 is 19.1 Å². The number of esters is 1. The number of nitrogens with zero attached hydrogens (tertiary/aromatic N) is 1. The second-order valence-corrected chi connectivity index (χ2v) is 8.53. The number of anilines is 1. The summed E-state index contributed by atoms with van der Waals surface area (Å²) in [6.45, 7) is 2.15. The minimum atomic E-state index is -0.535. The summed E-state index contributed by atoms with van der Waals surface area (Å²) in [6, 6.07) is 7.84. The van der Waals surface area contributed by atoms with E-state index in [9.17, 15) is 14.4 Å². The number of amides is 2. The predicted octanol–water partition coefficient (Wildman–Crippen LogP) is 3.00. The molecule has 28 heavy (non-hydrogen) atoms.